The van der Waals surface area contributed by atoms with Gasteiger partial charge in [0.05, 0.1) is 10.7 Å². The number of hydrogen-bond donors (Lipinski definition) is 2. The van der Waals surface area contributed by atoms with Gasteiger partial charge in [-0.3, -0.25) is 0 Å². The number of aryl methyl sites for hydroxylation is 1. The van der Waals surface area contributed by atoms with Crippen LogP contribution in [0.4, 0.5) is 17.5 Å². The number of rotatable bonds is 2. The Labute approximate surface area is 161 Å². The normalized spacial score (nSPS) is 15.0. The molecule has 4 rings (SSSR count). The minimum Gasteiger partial charge on any atom is -0.372 e. The average Bonchev–Trinajstić information content (AvgIpc) is 3.26. The standard InChI is InChI=1S/C20H19N5OS/c1-13-23-17(12-27-13)20(2,26)8-5-14-3-4-15-7-10-25(16(15)11-14)18-6-9-22-19(21)24-18/h3-4,6,9,11-12,26H,7,10H2,1-2H3,(H2,21,22,24). The van der Waals surface area contributed by atoms with Crippen LogP contribution >= 0.6 is 11.3 Å². The molecule has 3 N–H and O–H groups in total. The van der Waals surface area contributed by atoms with E-state index < -0.39 is 5.60 Å². The van der Waals surface area contributed by atoms with Gasteiger partial charge in [0, 0.05) is 29.4 Å². The van der Waals surface area contributed by atoms with Crippen molar-refractivity contribution in [3.05, 3.63) is 57.7 Å². The second kappa shape index (κ2) is 6.65. The highest BCUT2D eigenvalue weighted by Crippen LogP contribution is 2.34. The largest absolute Gasteiger partial charge is 0.372 e. The lowest BCUT2D eigenvalue weighted by Crippen LogP contribution is -2.19. The van der Waals surface area contributed by atoms with E-state index in [9.17, 15) is 5.11 Å². The zero-order valence-corrected chi connectivity index (χ0v) is 15.9. The maximum absolute atomic E-state index is 10.6. The Bertz CT molecular complexity index is 1060. The summed E-state index contributed by atoms with van der Waals surface area (Å²) in [5.41, 5.74) is 8.14. The first-order valence-electron chi connectivity index (χ1n) is 8.59. The van der Waals surface area contributed by atoms with Crippen LogP contribution in [0.15, 0.2) is 35.8 Å². The molecule has 0 spiro atoms. The third kappa shape index (κ3) is 3.50. The Balaban J connectivity index is 1.65. The van der Waals surface area contributed by atoms with Crippen LogP contribution < -0.4 is 10.6 Å². The number of anilines is 3. The Kier molecular flexibility index (Phi) is 4.30. The molecule has 3 aromatic rings. The first-order chi connectivity index (χ1) is 12.9. The van der Waals surface area contributed by atoms with E-state index in [2.05, 4.69) is 37.8 Å². The first-order valence-corrected chi connectivity index (χ1v) is 9.47. The molecule has 1 unspecified atom stereocenters. The second-order valence-corrected chi connectivity index (χ2v) is 7.65. The smallest absolute Gasteiger partial charge is 0.221 e. The van der Waals surface area contributed by atoms with Gasteiger partial charge in [0.25, 0.3) is 0 Å². The van der Waals surface area contributed by atoms with Crippen LogP contribution in [0.25, 0.3) is 0 Å². The van der Waals surface area contributed by atoms with Crippen LogP contribution in [0.2, 0.25) is 0 Å². The molecule has 3 heterocycles. The first kappa shape index (κ1) is 17.5. The molecule has 1 aromatic carbocycles. The molecule has 27 heavy (non-hydrogen) atoms. The fraction of sp³-hybridized carbons (Fsp3) is 0.250. The zero-order chi connectivity index (χ0) is 19.0. The van der Waals surface area contributed by atoms with Crippen molar-refractivity contribution in [2.24, 2.45) is 0 Å². The molecule has 1 aliphatic rings. The third-order valence-corrected chi connectivity index (χ3v) is 5.26. The predicted octanol–water partition coefficient (Wildman–Crippen LogP) is 2.78. The fourth-order valence-corrected chi connectivity index (χ4v) is 3.77. The van der Waals surface area contributed by atoms with Gasteiger partial charge in [-0.15, -0.1) is 11.3 Å². The molecule has 6 nitrogen and oxygen atoms in total. The number of nitrogens with zero attached hydrogens (tertiary/aromatic N) is 4. The van der Waals surface area contributed by atoms with Gasteiger partial charge < -0.3 is 15.7 Å². The fourth-order valence-electron chi connectivity index (χ4n) is 3.05. The van der Waals surface area contributed by atoms with Gasteiger partial charge in [-0.2, -0.15) is 4.98 Å². The van der Waals surface area contributed by atoms with E-state index in [1.165, 1.54) is 16.9 Å². The molecular formula is C20H19N5OS. The van der Waals surface area contributed by atoms with Gasteiger partial charge in [0.1, 0.15) is 5.82 Å². The summed E-state index contributed by atoms with van der Waals surface area (Å²) in [7, 11) is 0. The van der Waals surface area contributed by atoms with Crippen molar-refractivity contribution >= 4 is 28.8 Å². The molecule has 136 valence electrons. The minimum atomic E-state index is -1.29. The number of aromatic nitrogens is 3. The van der Waals surface area contributed by atoms with Crippen molar-refractivity contribution in [2.75, 3.05) is 17.2 Å². The topological polar surface area (TPSA) is 88.2 Å². The highest BCUT2D eigenvalue weighted by molar-refractivity contribution is 7.09. The Hall–Kier alpha value is -2.95. The van der Waals surface area contributed by atoms with E-state index in [4.69, 9.17) is 5.73 Å². The number of thiazole rings is 1. The summed E-state index contributed by atoms with van der Waals surface area (Å²) in [6, 6.07) is 7.92. The predicted molar refractivity (Wildman–Crippen MR) is 107 cm³/mol. The Morgan fingerprint density at radius 3 is 2.89 bits per heavy atom. The lowest BCUT2D eigenvalue weighted by atomic mass is 10.0. The number of hydrogen-bond acceptors (Lipinski definition) is 7. The molecule has 0 bridgehead atoms. The summed E-state index contributed by atoms with van der Waals surface area (Å²) in [5.74, 6) is 7.06. The third-order valence-electron chi connectivity index (χ3n) is 4.48. The lowest BCUT2D eigenvalue weighted by molar-refractivity contribution is 0.118. The molecule has 0 amide bonds. The maximum atomic E-state index is 10.6. The molecule has 0 saturated heterocycles. The van der Waals surface area contributed by atoms with E-state index in [-0.39, 0.29) is 5.95 Å². The molecule has 0 saturated carbocycles. The van der Waals surface area contributed by atoms with Crippen molar-refractivity contribution in [1.82, 2.24) is 15.0 Å². The van der Waals surface area contributed by atoms with Gasteiger partial charge in [-0.1, -0.05) is 17.9 Å². The van der Waals surface area contributed by atoms with Crippen LogP contribution in [0.5, 0.6) is 0 Å². The van der Waals surface area contributed by atoms with Gasteiger partial charge in [-0.25, -0.2) is 9.97 Å². The number of nitrogens with two attached hydrogens (primary N) is 1. The molecule has 2 aromatic heterocycles. The summed E-state index contributed by atoms with van der Waals surface area (Å²) in [5, 5.41) is 13.4. The molecule has 7 heteroatoms. The summed E-state index contributed by atoms with van der Waals surface area (Å²) in [6.07, 6.45) is 2.59. The lowest BCUT2D eigenvalue weighted by Gasteiger charge is -2.18. The Morgan fingerprint density at radius 1 is 1.30 bits per heavy atom. The number of nitrogen functional groups attached to an aromatic ring is 1. The van der Waals surface area contributed by atoms with Crippen LogP contribution in [0.3, 0.4) is 0 Å². The van der Waals surface area contributed by atoms with E-state index in [1.807, 2.05) is 30.5 Å². The summed E-state index contributed by atoms with van der Waals surface area (Å²) < 4.78 is 0. The summed E-state index contributed by atoms with van der Waals surface area (Å²) in [4.78, 5) is 14.7. The van der Waals surface area contributed by atoms with Crippen molar-refractivity contribution in [3.63, 3.8) is 0 Å². The molecule has 1 aliphatic heterocycles. The van der Waals surface area contributed by atoms with Crippen molar-refractivity contribution in [1.29, 1.82) is 0 Å². The SMILES string of the molecule is Cc1nc(C(C)(O)C#Cc2ccc3c(c2)N(c2ccnc(N)n2)CC3)cs1. The van der Waals surface area contributed by atoms with Gasteiger partial charge in [0.15, 0.2) is 5.60 Å². The molecule has 0 radical (unpaired) electrons. The summed E-state index contributed by atoms with van der Waals surface area (Å²) >= 11 is 1.50. The second-order valence-electron chi connectivity index (χ2n) is 6.59. The monoisotopic (exact) mass is 377 g/mol. The van der Waals surface area contributed by atoms with E-state index >= 15 is 0 Å². The van der Waals surface area contributed by atoms with Crippen molar-refractivity contribution in [2.45, 2.75) is 25.9 Å². The van der Waals surface area contributed by atoms with Crippen molar-refractivity contribution < 1.29 is 5.11 Å². The average molecular weight is 377 g/mol. The highest BCUT2D eigenvalue weighted by atomic mass is 32.1. The van der Waals surface area contributed by atoms with Gasteiger partial charge >= 0.3 is 0 Å². The summed E-state index contributed by atoms with van der Waals surface area (Å²) in [6.45, 7) is 4.41. The zero-order valence-electron chi connectivity index (χ0n) is 15.1. The van der Waals surface area contributed by atoms with Crippen molar-refractivity contribution in [3.8, 4) is 11.8 Å². The number of aliphatic hydroxyl groups is 1. The van der Waals surface area contributed by atoms with Crippen LogP contribution in [-0.2, 0) is 12.0 Å². The minimum absolute atomic E-state index is 0.256. The van der Waals surface area contributed by atoms with Crippen LogP contribution in [0.1, 0.15) is 28.8 Å². The Morgan fingerprint density at radius 2 is 2.15 bits per heavy atom. The van der Waals surface area contributed by atoms with E-state index in [0.29, 0.717) is 5.69 Å². The van der Waals surface area contributed by atoms with Crippen LogP contribution in [-0.4, -0.2) is 26.6 Å². The van der Waals surface area contributed by atoms with Gasteiger partial charge in [-0.05, 0) is 44.0 Å². The maximum Gasteiger partial charge on any atom is 0.221 e. The molecule has 0 aliphatic carbocycles. The van der Waals surface area contributed by atoms with Crippen LogP contribution in [0, 0.1) is 18.8 Å². The highest BCUT2D eigenvalue weighted by Gasteiger charge is 2.24. The number of fused-ring (bicyclic) bond motifs is 1. The van der Waals surface area contributed by atoms with Gasteiger partial charge in [0.2, 0.25) is 5.95 Å². The molecule has 0 fully saturated rings. The molecule has 1 atom stereocenters. The number of benzene rings is 1. The molecular weight excluding hydrogens is 358 g/mol. The quantitative estimate of drug-likeness (QED) is 0.668. The van der Waals surface area contributed by atoms with E-state index in [1.54, 1.807) is 13.1 Å². The van der Waals surface area contributed by atoms with E-state index in [0.717, 1.165) is 35.0 Å².